The summed E-state index contributed by atoms with van der Waals surface area (Å²) >= 11 is 0. The molecule has 1 heterocycles. The van der Waals surface area contributed by atoms with Crippen LogP contribution < -0.4 is 10.2 Å². The fourth-order valence-electron chi connectivity index (χ4n) is 1.91. The fourth-order valence-corrected chi connectivity index (χ4v) is 1.91. The van der Waals surface area contributed by atoms with Crippen LogP contribution in [0.5, 0.6) is 0 Å². The summed E-state index contributed by atoms with van der Waals surface area (Å²) in [4.78, 5) is 13.8. The van der Waals surface area contributed by atoms with E-state index in [1.807, 2.05) is 7.05 Å². The predicted molar refractivity (Wildman–Crippen MR) is 86.8 cm³/mol. The van der Waals surface area contributed by atoms with E-state index < -0.39 is 0 Å². The number of nitrogens with zero attached hydrogens (tertiary/aromatic N) is 4. The molecule has 0 aliphatic carbocycles. The average Bonchev–Trinajstić information content (AvgIpc) is 2.34. The highest BCUT2D eigenvalue weighted by molar-refractivity contribution is 5.58. The molecular formula is C15H29N5. The molecule has 20 heavy (non-hydrogen) atoms. The van der Waals surface area contributed by atoms with Gasteiger partial charge < -0.3 is 15.1 Å². The zero-order valence-electron chi connectivity index (χ0n) is 14.2. The minimum atomic E-state index is -0.0591. The smallest absolute Gasteiger partial charge is 0.138 e. The highest BCUT2D eigenvalue weighted by Crippen LogP contribution is 2.27. The van der Waals surface area contributed by atoms with E-state index in [0.29, 0.717) is 0 Å². The SMILES string of the molecule is CNc1nc(C(C)(C)C)nc(N(C)CCN(C)C)c1C. The Labute approximate surface area is 123 Å². The van der Waals surface area contributed by atoms with Crippen molar-refractivity contribution in [3.8, 4) is 0 Å². The number of hydrogen-bond acceptors (Lipinski definition) is 5. The molecule has 0 spiro atoms. The van der Waals surface area contributed by atoms with Crippen LogP contribution >= 0.6 is 0 Å². The summed E-state index contributed by atoms with van der Waals surface area (Å²) in [5, 5.41) is 3.18. The molecular weight excluding hydrogens is 250 g/mol. The van der Waals surface area contributed by atoms with Crippen LogP contribution in [0, 0.1) is 6.92 Å². The van der Waals surface area contributed by atoms with Gasteiger partial charge in [0.05, 0.1) is 0 Å². The Morgan fingerprint density at radius 3 is 2.10 bits per heavy atom. The van der Waals surface area contributed by atoms with Crippen molar-refractivity contribution in [3.63, 3.8) is 0 Å². The second kappa shape index (κ2) is 6.39. The van der Waals surface area contributed by atoms with Gasteiger partial charge in [-0.25, -0.2) is 9.97 Å². The second-order valence-electron chi connectivity index (χ2n) is 6.57. The Morgan fingerprint density at radius 1 is 1.05 bits per heavy atom. The summed E-state index contributed by atoms with van der Waals surface area (Å²) < 4.78 is 0. The average molecular weight is 279 g/mol. The lowest BCUT2D eigenvalue weighted by Crippen LogP contribution is -2.31. The molecule has 1 aromatic heterocycles. The quantitative estimate of drug-likeness (QED) is 0.894. The lowest BCUT2D eigenvalue weighted by molar-refractivity contribution is 0.416. The van der Waals surface area contributed by atoms with Crippen LogP contribution in [0.1, 0.15) is 32.2 Å². The summed E-state index contributed by atoms with van der Waals surface area (Å²) in [6, 6.07) is 0. The number of anilines is 2. The Balaban J connectivity index is 3.16. The van der Waals surface area contributed by atoms with Gasteiger partial charge in [0, 0.05) is 38.2 Å². The monoisotopic (exact) mass is 279 g/mol. The van der Waals surface area contributed by atoms with E-state index in [9.17, 15) is 0 Å². The first kappa shape index (κ1) is 16.7. The molecule has 5 nitrogen and oxygen atoms in total. The van der Waals surface area contributed by atoms with Crippen molar-refractivity contribution >= 4 is 11.6 Å². The molecule has 0 aliphatic heterocycles. The Hall–Kier alpha value is -1.36. The van der Waals surface area contributed by atoms with Crippen molar-refractivity contribution in [2.24, 2.45) is 0 Å². The summed E-state index contributed by atoms with van der Waals surface area (Å²) in [6.45, 7) is 10.4. The molecule has 0 fully saturated rings. The Bertz CT molecular complexity index is 448. The van der Waals surface area contributed by atoms with E-state index in [1.54, 1.807) is 0 Å². The minimum absolute atomic E-state index is 0.0591. The van der Waals surface area contributed by atoms with Crippen LogP contribution in [-0.2, 0) is 5.41 Å². The zero-order valence-corrected chi connectivity index (χ0v) is 14.2. The van der Waals surface area contributed by atoms with Crippen molar-refractivity contribution in [1.29, 1.82) is 0 Å². The first-order valence-electron chi connectivity index (χ1n) is 7.09. The van der Waals surface area contributed by atoms with Crippen molar-refractivity contribution in [2.75, 3.05) is 51.5 Å². The van der Waals surface area contributed by atoms with Crippen LogP contribution in [0.4, 0.5) is 11.6 Å². The van der Waals surface area contributed by atoms with Crippen molar-refractivity contribution in [1.82, 2.24) is 14.9 Å². The normalized spacial score (nSPS) is 11.8. The molecule has 0 unspecified atom stereocenters. The zero-order chi connectivity index (χ0) is 15.5. The van der Waals surface area contributed by atoms with Gasteiger partial charge in [-0.05, 0) is 21.0 Å². The standard InChI is InChI=1S/C15H29N5/c1-11-12(16-5)17-14(15(2,3)4)18-13(11)20(8)10-9-19(6)7/h9-10H2,1-8H3,(H,16,17,18). The highest BCUT2D eigenvalue weighted by atomic mass is 15.2. The molecule has 0 aromatic carbocycles. The van der Waals surface area contributed by atoms with Crippen molar-refractivity contribution in [3.05, 3.63) is 11.4 Å². The minimum Gasteiger partial charge on any atom is -0.373 e. The number of nitrogens with one attached hydrogen (secondary N) is 1. The van der Waals surface area contributed by atoms with Gasteiger partial charge in [0.25, 0.3) is 0 Å². The summed E-state index contributed by atoms with van der Waals surface area (Å²) in [6.07, 6.45) is 0. The molecule has 0 saturated heterocycles. The fraction of sp³-hybridized carbons (Fsp3) is 0.733. The van der Waals surface area contributed by atoms with Gasteiger partial charge >= 0.3 is 0 Å². The largest absolute Gasteiger partial charge is 0.373 e. The number of rotatable bonds is 5. The Kier molecular flexibility index (Phi) is 5.34. The van der Waals surface area contributed by atoms with Gasteiger partial charge in [-0.2, -0.15) is 0 Å². The van der Waals surface area contributed by atoms with Gasteiger partial charge in [0.2, 0.25) is 0 Å². The van der Waals surface area contributed by atoms with Crippen LogP contribution in [0.3, 0.4) is 0 Å². The van der Waals surface area contributed by atoms with Crippen LogP contribution in [0.15, 0.2) is 0 Å². The third kappa shape index (κ3) is 4.07. The van der Waals surface area contributed by atoms with Gasteiger partial charge in [0.15, 0.2) is 0 Å². The molecule has 0 aliphatic rings. The molecule has 1 aromatic rings. The van der Waals surface area contributed by atoms with Crippen LogP contribution in [0.25, 0.3) is 0 Å². The molecule has 0 amide bonds. The van der Waals surface area contributed by atoms with Crippen LogP contribution in [0.2, 0.25) is 0 Å². The van der Waals surface area contributed by atoms with Crippen molar-refractivity contribution < 1.29 is 0 Å². The van der Waals surface area contributed by atoms with E-state index in [4.69, 9.17) is 4.98 Å². The van der Waals surface area contributed by atoms with E-state index in [0.717, 1.165) is 36.1 Å². The van der Waals surface area contributed by atoms with E-state index >= 15 is 0 Å². The topological polar surface area (TPSA) is 44.3 Å². The number of likely N-dealkylation sites (N-methyl/N-ethyl adjacent to an activating group) is 2. The lowest BCUT2D eigenvalue weighted by Gasteiger charge is -2.26. The maximum atomic E-state index is 4.79. The van der Waals surface area contributed by atoms with E-state index in [1.165, 1.54) is 0 Å². The van der Waals surface area contributed by atoms with Crippen LogP contribution in [-0.4, -0.2) is 56.1 Å². The summed E-state index contributed by atoms with van der Waals surface area (Å²) in [7, 11) is 8.16. The molecule has 0 atom stereocenters. The lowest BCUT2D eigenvalue weighted by atomic mass is 9.95. The molecule has 0 radical (unpaired) electrons. The first-order valence-corrected chi connectivity index (χ1v) is 7.09. The molecule has 1 N–H and O–H groups in total. The highest BCUT2D eigenvalue weighted by Gasteiger charge is 2.22. The molecule has 5 heteroatoms. The van der Waals surface area contributed by atoms with Gasteiger partial charge in [-0.1, -0.05) is 20.8 Å². The third-order valence-corrected chi connectivity index (χ3v) is 3.27. The summed E-state index contributed by atoms with van der Waals surface area (Å²) in [5.41, 5.74) is 1.04. The maximum absolute atomic E-state index is 4.79. The van der Waals surface area contributed by atoms with Crippen molar-refractivity contribution in [2.45, 2.75) is 33.1 Å². The number of hydrogen-bond donors (Lipinski definition) is 1. The van der Waals surface area contributed by atoms with Gasteiger partial charge in [-0.15, -0.1) is 0 Å². The molecule has 1 rings (SSSR count). The van der Waals surface area contributed by atoms with Gasteiger partial charge in [0.1, 0.15) is 17.5 Å². The molecule has 0 saturated carbocycles. The molecule has 114 valence electrons. The van der Waals surface area contributed by atoms with E-state index in [2.05, 4.69) is 68.9 Å². The first-order chi connectivity index (χ1) is 9.16. The van der Waals surface area contributed by atoms with E-state index in [-0.39, 0.29) is 5.41 Å². The Morgan fingerprint density at radius 2 is 1.65 bits per heavy atom. The second-order valence-corrected chi connectivity index (χ2v) is 6.57. The molecule has 0 bridgehead atoms. The summed E-state index contributed by atoms with van der Waals surface area (Å²) in [5.74, 6) is 2.80. The maximum Gasteiger partial charge on any atom is 0.138 e. The third-order valence-electron chi connectivity index (χ3n) is 3.27. The number of aromatic nitrogens is 2. The predicted octanol–water partition coefficient (Wildman–Crippen LogP) is 2.12. The van der Waals surface area contributed by atoms with Gasteiger partial charge in [-0.3, -0.25) is 0 Å².